The molecule has 7 heteroatoms. The van der Waals surface area contributed by atoms with E-state index in [-0.39, 0.29) is 6.79 Å². The molecule has 2 aliphatic rings. The van der Waals surface area contributed by atoms with Crippen LogP contribution in [0.4, 0.5) is 0 Å². The van der Waals surface area contributed by atoms with E-state index in [1.165, 1.54) is 0 Å². The monoisotopic (exact) mass is 320 g/mol. The summed E-state index contributed by atoms with van der Waals surface area (Å²) < 4.78 is 16.0. The molecule has 0 bridgehead atoms. The van der Waals surface area contributed by atoms with Crippen molar-refractivity contribution in [2.45, 2.75) is 13.0 Å². The molecule has 1 saturated heterocycles. The summed E-state index contributed by atoms with van der Waals surface area (Å²) in [5, 5.41) is 3.16. The van der Waals surface area contributed by atoms with Crippen molar-refractivity contribution in [2.75, 3.05) is 46.2 Å². The summed E-state index contributed by atoms with van der Waals surface area (Å²) in [7, 11) is 0. The maximum Gasteiger partial charge on any atom is 0.231 e. The normalized spacial score (nSPS) is 18.2. The summed E-state index contributed by atoms with van der Waals surface area (Å²) >= 11 is 0. The van der Waals surface area contributed by atoms with Gasteiger partial charge in [0.05, 0.1) is 19.8 Å². The fourth-order valence-electron chi connectivity index (χ4n) is 2.62. The molecule has 3 rings (SSSR count). The van der Waals surface area contributed by atoms with Gasteiger partial charge in [-0.15, -0.1) is 0 Å². The zero-order valence-electron chi connectivity index (χ0n) is 13.3. The smallest absolute Gasteiger partial charge is 0.231 e. The fraction of sp³-hybridized carbons (Fsp3) is 0.562. The number of hydrogen-bond acceptors (Lipinski definition) is 5. The second kappa shape index (κ2) is 8.03. The Kier molecular flexibility index (Phi) is 5.55. The second-order valence-electron chi connectivity index (χ2n) is 5.62. The van der Waals surface area contributed by atoms with Crippen LogP contribution in [0, 0.1) is 0 Å². The van der Waals surface area contributed by atoms with E-state index in [0.717, 1.165) is 62.9 Å². The minimum absolute atomic E-state index is 0.287. The van der Waals surface area contributed by atoms with Crippen LogP contribution in [0.3, 0.4) is 0 Å². The van der Waals surface area contributed by atoms with Gasteiger partial charge in [0, 0.05) is 19.6 Å². The summed E-state index contributed by atoms with van der Waals surface area (Å²) in [6, 6.07) is 5.82. The van der Waals surface area contributed by atoms with E-state index < -0.39 is 0 Å². The van der Waals surface area contributed by atoms with Gasteiger partial charge in [-0.3, -0.25) is 4.90 Å². The molecular formula is C16H24N4O3. The molecular weight excluding hydrogens is 296 g/mol. The van der Waals surface area contributed by atoms with Crippen LogP contribution in [0.5, 0.6) is 11.5 Å². The van der Waals surface area contributed by atoms with Crippen molar-refractivity contribution in [3.8, 4) is 11.5 Å². The van der Waals surface area contributed by atoms with Gasteiger partial charge in [-0.2, -0.15) is 0 Å². The van der Waals surface area contributed by atoms with Crippen molar-refractivity contribution in [1.82, 2.24) is 10.2 Å². The van der Waals surface area contributed by atoms with Crippen LogP contribution in [0.25, 0.3) is 0 Å². The van der Waals surface area contributed by atoms with Crippen molar-refractivity contribution in [1.29, 1.82) is 0 Å². The largest absolute Gasteiger partial charge is 0.454 e. The van der Waals surface area contributed by atoms with Gasteiger partial charge in [-0.1, -0.05) is 6.07 Å². The third kappa shape index (κ3) is 4.74. The van der Waals surface area contributed by atoms with E-state index in [2.05, 4.69) is 15.2 Å². The number of benzene rings is 1. The second-order valence-corrected chi connectivity index (χ2v) is 5.62. The molecule has 2 aliphatic heterocycles. The van der Waals surface area contributed by atoms with Crippen LogP contribution in [0.15, 0.2) is 23.2 Å². The van der Waals surface area contributed by atoms with Crippen LogP contribution >= 0.6 is 0 Å². The van der Waals surface area contributed by atoms with Crippen LogP contribution in [-0.4, -0.2) is 57.0 Å². The van der Waals surface area contributed by atoms with Gasteiger partial charge in [-0.05, 0) is 30.7 Å². The lowest BCUT2D eigenvalue weighted by Crippen LogP contribution is -2.39. The summed E-state index contributed by atoms with van der Waals surface area (Å²) in [5.41, 5.74) is 6.95. The first-order chi connectivity index (χ1) is 11.3. The highest BCUT2D eigenvalue weighted by Crippen LogP contribution is 2.32. The summed E-state index contributed by atoms with van der Waals surface area (Å²) in [4.78, 5) is 6.77. The topological polar surface area (TPSA) is 81.3 Å². The first-order valence-electron chi connectivity index (χ1n) is 8.04. The van der Waals surface area contributed by atoms with E-state index in [9.17, 15) is 0 Å². The van der Waals surface area contributed by atoms with Gasteiger partial charge in [0.1, 0.15) is 0 Å². The number of nitrogens with zero attached hydrogens (tertiary/aromatic N) is 2. The number of aliphatic imine (C=N–C) groups is 1. The molecule has 0 amide bonds. The predicted octanol–water partition coefficient (Wildman–Crippen LogP) is 0.542. The zero-order chi connectivity index (χ0) is 15.9. The SMILES string of the molecule is NC(=NCc1ccc2c(c1)OCO2)NCCCN1CCOCC1. The number of rotatable bonds is 6. The number of fused-ring (bicyclic) bond motifs is 1. The molecule has 7 nitrogen and oxygen atoms in total. The minimum atomic E-state index is 0.287. The van der Waals surface area contributed by atoms with Crippen LogP contribution in [-0.2, 0) is 11.3 Å². The molecule has 0 spiro atoms. The molecule has 0 atom stereocenters. The average Bonchev–Trinajstić information content (AvgIpc) is 3.05. The predicted molar refractivity (Wildman–Crippen MR) is 87.8 cm³/mol. The first-order valence-corrected chi connectivity index (χ1v) is 8.04. The number of morpholine rings is 1. The molecule has 126 valence electrons. The van der Waals surface area contributed by atoms with Gasteiger partial charge < -0.3 is 25.3 Å². The van der Waals surface area contributed by atoms with E-state index in [4.69, 9.17) is 19.9 Å². The molecule has 1 fully saturated rings. The average molecular weight is 320 g/mol. The maximum atomic E-state index is 5.90. The molecule has 1 aromatic carbocycles. The Labute approximate surface area is 136 Å². The van der Waals surface area contributed by atoms with Crippen LogP contribution < -0.4 is 20.5 Å². The lowest BCUT2D eigenvalue weighted by atomic mass is 10.2. The van der Waals surface area contributed by atoms with Gasteiger partial charge >= 0.3 is 0 Å². The molecule has 0 unspecified atom stereocenters. The van der Waals surface area contributed by atoms with E-state index in [1.54, 1.807) is 0 Å². The highest BCUT2D eigenvalue weighted by Gasteiger charge is 2.13. The molecule has 0 saturated carbocycles. The van der Waals surface area contributed by atoms with Crippen molar-refractivity contribution in [3.05, 3.63) is 23.8 Å². The highest BCUT2D eigenvalue weighted by molar-refractivity contribution is 5.77. The van der Waals surface area contributed by atoms with Gasteiger partial charge in [0.15, 0.2) is 17.5 Å². The number of guanidine groups is 1. The molecule has 1 aromatic rings. The standard InChI is InChI=1S/C16H24N4O3/c17-16(18-4-1-5-20-6-8-21-9-7-20)19-11-13-2-3-14-15(10-13)23-12-22-14/h2-3,10H,1,4-9,11-12H2,(H3,17,18,19). The third-order valence-electron chi connectivity index (χ3n) is 3.93. The van der Waals surface area contributed by atoms with Crippen molar-refractivity contribution in [3.63, 3.8) is 0 Å². The Morgan fingerprint density at radius 1 is 1.22 bits per heavy atom. The number of ether oxygens (including phenoxy) is 3. The van der Waals surface area contributed by atoms with Gasteiger partial charge in [0.2, 0.25) is 6.79 Å². The zero-order valence-corrected chi connectivity index (χ0v) is 13.3. The lowest BCUT2D eigenvalue weighted by Gasteiger charge is -2.26. The number of hydrogen-bond donors (Lipinski definition) is 2. The lowest BCUT2D eigenvalue weighted by molar-refractivity contribution is 0.0376. The Balaban J connectivity index is 1.36. The summed E-state index contributed by atoms with van der Waals surface area (Å²) in [6.07, 6.45) is 1.04. The Morgan fingerprint density at radius 2 is 2.04 bits per heavy atom. The Bertz CT molecular complexity index is 544. The molecule has 3 N–H and O–H groups in total. The molecule has 2 heterocycles. The number of nitrogens with one attached hydrogen (secondary N) is 1. The number of nitrogens with two attached hydrogens (primary N) is 1. The Hall–Kier alpha value is -1.99. The fourth-order valence-corrected chi connectivity index (χ4v) is 2.62. The third-order valence-corrected chi connectivity index (χ3v) is 3.93. The van der Waals surface area contributed by atoms with Crippen molar-refractivity contribution < 1.29 is 14.2 Å². The van der Waals surface area contributed by atoms with Gasteiger partial charge in [0.25, 0.3) is 0 Å². The molecule has 0 radical (unpaired) electrons. The minimum Gasteiger partial charge on any atom is -0.454 e. The summed E-state index contributed by atoms with van der Waals surface area (Å²) in [5.74, 6) is 2.03. The molecule has 0 aromatic heterocycles. The van der Waals surface area contributed by atoms with E-state index in [0.29, 0.717) is 12.5 Å². The van der Waals surface area contributed by atoms with Crippen molar-refractivity contribution >= 4 is 5.96 Å². The quantitative estimate of drug-likeness (QED) is 0.452. The van der Waals surface area contributed by atoms with Crippen LogP contribution in [0.1, 0.15) is 12.0 Å². The molecule has 0 aliphatic carbocycles. The first kappa shape index (κ1) is 15.9. The van der Waals surface area contributed by atoms with E-state index in [1.807, 2.05) is 18.2 Å². The van der Waals surface area contributed by atoms with Gasteiger partial charge in [-0.25, -0.2) is 4.99 Å². The van der Waals surface area contributed by atoms with Crippen LogP contribution in [0.2, 0.25) is 0 Å². The Morgan fingerprint density at radius 3 is 2.91 bits per heavy atom. The van der Waals surface area contributed by atoms with E-state index >= 15 is 0 Å². The molecule has 23 heavy (non-hydrogen) atoms. The summed E-state index contributed by atoms with van der Waals surface area (Å²) in [6.45, 7) is 6.42. The maximum absolute atomic E-state index is 5.90. The van der Waals surface area contributed by atoms with Crippen molar-refractivity contribution in [2.24, 2.45) is 10.7 Å². The highest BCUT2D eigenvalue weighted by atomic mass is 16.7.